The van der Waals surface area contributed by atoms with Gasteiger partial charge in [-0.05, 0) is 0 Å². The molecule has 0 unspecified atom stereocenters. The molecule has 1 aromatic carbocycles. The van der Waals surface area contributed by atoms with E-state index in [1.807, 2.05) is 30.3 Å². The zero-order valence-electron chi connectivity index (χ0n) is 9.19. The van der Waals surface area contributed by atoms with Crippen LogP contribution in [0.1, 0.15) is 19.4 Å². The van der Waals surface area contributed by atoms with Gasteiger partial charge in [0.15, 0.2) is 0 Å². The summed E-state index contributed by atoms with van der Waals surface area (Å²) in [5, 5.41) is 0.932. The molecule has 1 nitrogen and oxygen atoms in total. The zero-order chi connectivity index (χ0) is 11.1. The van der Waals surface area contributed by atoms with Crippen LogP contribution in [0.2, 0.25) is 5.32 Å². The second-order valence-electron chi connectivity index (χ2n) is 3.63. The molecule has 0 saturated heterocycles. The molecule has 0 bridgehead atoms. The number of benzene rings is 1. The van der Waals surface area contributed by atoms with Crippen molar-refractivity contribution in [3.8, 4) is 0 Å². The van der Waals surface area contributed by atoms with Crippen molar-refractivity contribution in [2.45, 2.75) is 25.6 Å². The summed E-state index contributed by atoms with van der Waals surface area (Å²) in [6, 6.07) is 9.95. The molecule has 1 rings (SSSR count). The topological polar surface area (TPSA) is 17.1 Å². The van der Waals surface area contributed by atoms with Crippen LogP contribution in [0, 0.1) is 0 Å². The van der Waals surface area contributed by atoms with Crippen LogP contribution >= 0.6 is 0 Å². The fraction of sp³-hybridized carbons (Fsp3) is 0.308. The van der Waals surface area contributed by atoms with E-state index in [0.717, 1.165) is 10.9 Å². The molecule has 0 radical (unpaired) electrons. The molecule has 15 heavy (non-hydrogen) atoms. The van der Waals surface area contributed by atoms with Crippen LogP contribution in [-0.2, 0) is 11.2 Å². The van der Waals surface area contributed by atoms with E-state index >= 15 is 0 Å². The molecule has 0 amide bonds. The molecule has 0 N–H and O–H groups in total. The molecule has 0 aromatic heterocycles. The van der Waals surface area contributed by atoms with Gasteiger partial charge in [0.2, 0.25) is 0 Å². The summed E-state index contributed by atoms with van der Waals surface area (Å²) in [7, 11) is 0. The first kappa shape index (κ1) is 12.2. The molecule has 0 aliphatic rings. The minimum atomic E-state index is 0.104. The first-order chi connectivity index (χ1) is 7.18. The first-order valence-corrected chi connectivity index (χ1v) is 7.08. The third-order valence-corrected chi connectivity index (χ3v) is 3.60. The van der Waals surface area contributed by atoms with Crippen LogP contribution < -0.4 is 0 Å². The molecule has 0 aliphatic heterocycles. The van der Waals surface area contributed by atoms with Gasteiger partial charge in [0.05, 0.1) is 0 Å². The van der Waals surface area contributed by atoms with Gasteiger partial charge >= 0.3 is 97.6 Å². The minimum absolute atomic E-state index is 0.104. The Morgan fingerprint density at radius 3 is 2.53 bits per heavy atom. The average molecular weight is 267 g/mol. The summed E-state index contributed by atoms with van der Waals surface area (Å²) in [6.07, 6.45) is 2.74. The Bertz CT molecular complexity index is 337. The maximum absolute atomic E-state index is 11.6. The van der Waals surface area contributed by atoms with Crippen molar-refractivity contribution >= 4 is 19.6 Å². The standard InChI is InChI=1S/C13H16OSe/c1-11(2)8-9-15-13(14)10-12-6-4-3-5-7-12/h3-8H,9-10H2,1-2H3. The second kappa shape index (κ2) is 6.60. The van der Waals surface area contributed by atoms with Crippen LogP contribution in [-0.4, -0.2) is 19.6 Å². The predicted octanol–water partition coefficient (Wildman–Crippen LogP) is 2.84. The van der Waals surface area contributed by atoms with Crippen molar-refractivity contribution in [3.63, 3.8) is 0 Å². The third kappa shape index (κ3) is 5.56. The van der Waals surface area contributed by atoms with Crippen molar-refractivity contribution in [1.29, 1.82) is 0 Å². The Labute approximate surface area is 97.7 Å². The van der Waals surface area contributed by atoms with Gasteiger partial charge in [-0.25, -0.2) is 0 Å². The number of hydrogen-bond donors (Lipinski definition) is 0. The van der Waals surface area contributed by atoms with Gasteiger partial charge in [0, 0.05) is 0 Å². The quantitative estimate of drug-likeness (QED) is 0.592. The monoisotopic (exact) mass is 268 g/mol. The van der Waals surface area contributed by atoms with Gasteiger partial charge in [0.1, 0.15) is 0 Å². The van der Waals surface area contributed by atoms with Crippen molar-refractivity contribution in [1.82, 2.24) is 0 Å². The van der Waals surface area contributed by atoms with E-state index in [1.54, 1.807) is 0 Å². The molecular formula is C13H16OSe. The van der Waals surface area contributed by atoms with Gasteiger partial charge in [-0.2, -0.15) is 0 Å². The molecule has 0 aliphatic carbocycles. The summed E-state index contributed by atoms with van der Waals surface area (Å²) < 4.78 is 0.381. The van der Waals surface area contributed by atoms with Crippen LogP contribution in [0.5, 0.6) is 0 Å². The molecule has 0 spiro atoms. The van der Waals surface area contributed by atoms with Gasteiger partial charge in [0.25, 0.3) is 0 Å². The fourth-order valence-electron chi connectivity index (χ4n) is 1.11. The molecule has 0 fully saturated rings. The Hall–Kier alpha value is -0.851. The van der Waals surface area contributed by atoms with Crippen LogP contribution in [0.25, 0.3) is 0 Å². The Balaban J connectivity index is 2.34. The molecule has 0 atom stereocenters. The average Bonchev–Trinajstić information content (AvgIpc) is 2.18. The van der Waals surface area contributed by atoms with Crippen LogP contribution in [0.4, 0.5) is 0 Å². The Kier molecular flexibility index (Phi) is 5.38. The predicted molar refractivity (Wildman–Crippen MR) is 65.1 cm³/mol. The molecule has 0 heterocycles. The van der Waals surface area contributed by atoms with Crippen molar-refractivity contribution in [2.75, 3.05) is 0 Å². The number of hydrogen-bond acceptors (Lipinski definition) is 1. The molecule has 1 aromatic rings. The van der Waals surface area contributed by atoms with E-state index in [4.69, 9.17) is 0 Å². The van der Waals surface area contributed by atoms with E-state index in [-0.39, 0.29) is 15.0 Å². The normalized spacial score (nSPS) is 9.73. The van der Waals surface area contributed by atoms with Gasteiger partial charge in [-0.15, -0.1) is 0 Å². The van der Waals surface area contributed by atoms with E-state index < -0.39 is 0 Å². The van der Waals surface area contributed by atoms with Crippen molar-refractivity contribution < 1.29 is 4.79 Å². The van der Waals surface area contributed by atoms with Gasteiger partial charge in [-0.1, -0.05) is 0 Å². The molecule has 2 heteroatoms. The maximum atomic E-state index is 11.6. The number of allylic oxidation sites excluding steroid dienone is 2. The second-order valence-corrected chi connectivity index (χ2v) is 5.89. The van der Waals surface area contributed by atoms with Gasteiger partial charge in [-0.3, -0.25) is 0 Å². The molecular weight excluding hydrogens is 251 g/mol. The number of carbonyl (C=O) groups is 1. The van der Waals surface area contributed by atoms with Crippen LogP contribution in [0.15, 0.2) is 42.0 Å². The fourth-order valence-corrected chi connectivity index (χ4v) is 2.94. The van der Waals surface area contributed by atoms with E-state index in [9.17, 15) is 4.79 Å². The summed E-state index contributed by atoms with van der Waals surface area (Å²) >= 11 is 0.104. The van der Waals surface area contributed by atoms with Gasteiger partial charge < -0.3 is 0 Å². The van der Waals surface area contributed by atoms with E-state index in [0.29, 0.717) is 11.1 Å². The van der Waals surface area contributed by atoms with Crippen molar-refractivity contribution in [2.24, 2.45) is 0 Å². The molecule has 0 saturated carbocycles. The Morgan fingerprint density at radius 2 is 1.93 bits per heavy atom. The summed E-state index contributed by atoms with van der Waals surface area (Å²) in [5.41, 5.74) is 2.42. The first-order valence-electron chi connectivity index (χ1n) is 5.01. The SMILES string of the molecule is CC(C)=CC[Se]C(=O)Cc1ccccc1. The molecule has 80 valence electrons. The summed E-state index contributed by atoms with van der Waals surface area (Å²) in [5.74, 6) is 0. The zero-order valence-corrected chi connectivity index (χ0v) is 10.9. The van der Waals surface area contributed by atoms with Crippen LogP contribution in [0.3, 0.4) is 0 Å². The van der Waals surface area contributed by atoms with E-state index in [1.165, 1.54) is 5.57 Å². The Morgan fingerprint density at radius 1 is 1.27 bits per heavy atom. The van der Waals surface area contributed by atoms with Crippen molar-refractivity contribution in [3.05, 3.63) is 47.5 Å². The van der Waals surface area contributed by atoms with E-state index in [2.05, 4.69) is 19.9 Å². The number of rotatable bonds is 5. The summed E-state index contributed by atoms with van der Waals surface area (Å²) in [4.78, 5) is 11.6. The number of carbonyl (C=O) groups excluding carboxylic acids is 1. The summed E-state index contributed by atoms with van der Waals surface area (Å²) in [6.45, 7) is 4.13. The third-order valence-electron chi connectivity index (χ3n) is 1.93.